The third-order valence-electron chi connectivity index (χ3n) is 14.3. The molecule has 0 bridgehead atoms. The SMILES string of the molecule is C[n+]1cc(Cl)c(C[C@H](OC(=O)c2ccc(N)c(OCC3CC3)c2)c2ccc(OC(F)F)c(OCC3CC3)c2)c(Cl)c1.C[n+]1cc(Cl)c(C[C@H](OC(=O)c2ccc(NS(C)(=O)=O)c(OCC3CC3)c2)c2ccc(OC(F)F)c(OCC3CC3)c2)c(Cl)c1. The van der Waals surface area contributed by atoms with Gasteiger partial charge in [0.1, 0.15) is 57.9 Å². The Balaban J connectivity index is 0.000000206. The number of esters is 2. The number of alkyl halides is 4. The fourth-order valence-electron chi connectivity index (χ4n) is 8.81. The van der Waals surface area contributed by atoms with Crippen LogP contribution in [0.3, 0.4) is 0 Å². The van der Waals surface area contributed by atoms with Gasteiger partial charge in [0.05, 0.1) is 55.2 Å². The van der Waals surface area contributed by atoms with Crippen molar-refractivity contribution >= 4 is 79.7 Å². The van der Waals surface area contributed by atoms with E-state index < -0.39 is 47.4 Å². The van der Waals surface area contributed by atoms with Crippen LogP contribution in [0.1, 0.15) is 107 Å². The van der Waals surface area contributed by atoms with Crippen LogP contribution in [0.15, 0.2) is 97.6 Å². The maximum Gasteiger partial charge on any atom is 0.387 e. The van der Waals surface area contributed by atoms with E-state index in [9.17, 15) is 35.6 Å². The number of halogens is 8. The van der Waals surface area contributed by atoms with Gasteiger partial charge in [0.2, 0.25) is 10.0 Å². The van der Waals surface area contributed by atoms with Crippen molar-refractivity contribution in [2.45, 2.75) is 89.6 Å². The summed E-state index contributed by atoms with van der Waals surface area (Å²) in [5.74, 6) is 0.770. The zero-order valence-corrected chi connectivity index (χ0v) is 50.9. The van der Waals surface area contributed by atoms with Crippen LogP contribution in [0.25, 0.3) is 0 Å². The van der Waals surface area contributed by atoms with E-state index in [1.807, 2.05) is 0 Å². The predicted octanol–water partition coefficient (Wildman–Crippen LogP) is 13.2. The van der Waals surface area contributed by atoms with Crippen LogP contribution in [0.4, 0.5) is 28.9 Å². The number of carbonyl (C=O) groups excluding carboxylic acids is 2. The standard InChI is InChI=1S/C31H32Cl2F2N2O7S.C30H30Cl2F2N2O5/c1-37-14-23(32)22(24(33)15-37)13-27(20-8-10-26(44-31(34)35)29(11-20)42-17-19-5-6-19)43-30(38)21-7-9-25(36-45(2,39)40)28(12-21)41-16-18-3-4-18;1-36-13-22(31)21(23(32)14-36)12-26(19-7-9-25(41-30(33)34)28(10-19)39-16-18-4-5-18)40-29(37)20-6-8-24(35)27(11-20)38-15-17-2-3-17/h7-12,14-15,18-19,27,31H,3-6,13,16-17H2,1-2H3;6-11,13-14,17-18,26,30H,2-5,12,15-16H2,1H3,(H-,35,37)/p+2/t27-;26-/m00/s1. The molecule has 2 heterocycles. The first-order chi connectivity index (χ1) is 41.0. The fourth-order valence-corrected chi connectivity index (χ4v) is 10.8. The third-order valence-corrected chi connectivity index (χ3v) is 16.2. The molecule has 25 heteroatoms. The first-order valence-electron chi connectivity index (χ1n) is 27.8. The monoisotopic (exact) mass is 1290 g/mol. The highest BCUT2D eigenvalue weighted by atomic mass is 35.5. The lowest BCUT2D eigenvalue weighted by Gasteiger charge is -2.22. The van der Waals surface area contributed by atoms with Gasteiger partial charge in [0.15, 0.2) is 47.8 Å². The highest BCUT2D eigenvalue weighted by Gasteiger charge is 2.31. The second-order valence-corrected chi connectivity index (χ2v) is 25.3. The van der Waals surface area contributed by atoms with Crippen LogP contribution in [0.2, 0.25) is 20.1 Å². The Labute approximate surface area is 515 Å². The summed E-state index contributed by atoms with van der Waals surface area (Å²) in [7, 11) is -0.0749. The molecule has 0 unspecified atom stereocenters. The van der Waals surface area contributed by atoms with E-state index in [2.05, 4.69) is 14.2 Å². The molecule has 86 heavy (non-hydrogen) atoms. The van der Waals surface area contributed by atoms with Gasteiger partial charge >= 0.3 is 25.2 Å². The molecule has 6 aromatic rings. The maximum absolute atomic E-state index is 13.6. The molecule has 0 radical (unpaired) electrons. The zero-order valence-electron chi connectivity index (χ0n) is 47.1. The molecule has 4 aliphatic rings. The number of carbonyl (C=O) groups is 2. The average molecular weight is 1300 g/mol. The molecule has 4 aromatic carbocycles. The highest BCUT2D eigenvalue weighted by molar-refractivity contribution is 7.92. The Kier molecular flexibility index (Phi) is 21.1. The summed E-state index contributed by atoms with van der Waals surface area (Å²) < 4.78 is 127. The number of nitrogen functional groups attached to an aromatic ring is 1. The van der Waals surface area contributed by atoms with E-state index in [-0.39, 0.29) is 58.4 Å². The van der Waals surface area contributed by atoms with E-state index >= 15 is 0 Å². The number of nitrogens with zero attached hydrogens (tertiary/aromatic N) is 2. The van der Waals surface area contributed by atoms with Crippen LogP contribution in [-0.2, 0) is 46.4 Å². The third kappa shape index (κ3) is 18.9. The molecule has 10 rings (SSSR count). The van der Waals surface area contributed by atoms with Gasteiger partial charge in [0.25, 0.3) is 0 Å². The van der Waals surface area contributed by atoms with Crippen molar-refractivity contribution in [1.82, 2.24) is 0 Å². The first-order valence-corrected chi connectivity index (χ1v) is 31.2. The van der Waals surface area contributed by atoms with Crippen molar-refractivity contribution in [2.75, 3.05) is 43.1 Å². The van der Waals surface area contributed by atoms with Gasteiger partial charge in [-0.1, -0.05) is 58.5 Å². The Morgan fingerprint density at radius 3 is 1.27 bits per heavy atom. The number of hydrogen-bond acceptors (Lipinski definition) is 13. The summed E-state index contributed by atoms with van der Waals surface area (Å²) in [6.07, 6.45) is 14.2. The summed E-state index contributed by atoms with van der Waals surface area (Å²) in [6, 6.07) is 17.8. The van der Waals surface area contributed by atoms with Crippen molar-refractivity contribution in [1.29, 1.82) is 0 Å². The van der Waals surface area contributed by atoms with Crippen molar-refractivity contribution in [3.63, 3.8) is 0 Å². The molecule has 0 saturated heterocycles. The van der Waals surface area contributed by atoms with Gasteiger partial charge in [-0.2, -0.15) is 17.6 Å². The molecule has 460 valence electrons. The van der Waals surface area contributed by atoms with Crippen molar-refractivity contribution in [3.05, 3.63) is 151 Å². The molecule has 3 N–H and O–H groups in total. The predicted molar refractivity (Wildman–Crippen MR) is 314 cm³/mol. The van der Waals surface area contributed by atoms with E-state index in [4.69, 9.17) is 80.6 Å². The van der Waals surface area contributed by atoms with Gasteiger partial charge < -0.3 is 43.6 Å². The number of sulfonamides is 1. The quantitative estimate of drug-likeness (QED) is 0.0205. The molecule has 4 saturated carbocycles. The molecule has 2 atom stereocenters. The molecule has 0 spiro atoms. The highest BCUT2D eigenvalue weighted by Crippen LogP contribution is 2.42. The first kappa shape index (κ1) is 63.8. The van der Waals surface area contributed by atoms with Crippen molar-refractivity contribution in [3.8, 4) is 34.5 Å². The van der Waals surface area contributed by atoms with Crippen LogP contribution >= 0.6 is 46.4 Å². The second kappa shape index (κ2) is 28.5. The topological polar surface area (TPSA) is 188 Å². The number of aryl methyl sites for hydroxylation is 2. The lowest BCUT2D eigenvalue weighted by molar-refractivity contribution is -0.671. The molecule has 2 aromatic heterocycles. The lowest BCUT2D eigenvalue weighted by Crippen LogP contribution is -2.27. The maximum atomic E-state index is 13.6. The number of pyridine rings is 2. The molecule has 4 aliphatic carbocycles. The number of nitrogens with two attached hydrogens (primary N) is 1. The second-order valence-electron chi connectivity index (χ2n) is 21.9. The van der Waals surface area contributed by atoms with Crippen molar-refractivity contribution in [2.24, 2.45) is 37.8 Å². The fraction of sp³-hybridized carbons (Fsp3) is 0.410. The number of nitrogens with one attached hydrogen (secondary N) is 1. The van der Waals surface area contributed by atoms with Gasteiger partial charge in [-0.25, -0.2) is 27.1 Å². The van der Waals surface area contributed by atoms with Crippen LogP contribution in [0, 0.1) is 23.7 Å². The summed E-state index contributed by atoms with van der Waals surface area (Å²) in [6.45, 7) is -4.48. The number of benzene rings is 4. The summed E-state index contributed by atoms with van der Waals surface area (Å²) >= 11 is 26.1. The average Bonchev–Trinajstić information content (AvgIpc) is 3.97. The minimum Gasteiger partial charge on any atom is -0.491 e. The number of hydrogen-bond donors (Lipinski definition) is 2. The van der Waals surface area contributed by atoms with Crippen LogP contribution in [-0.4, -0.2) is 66.3 Å². The molecular formula is C61H64Cl4F4N4O12S+2. The number of rotatable bonds is 28. The zero-order chi connectivity index (χ0) is 61.4. The minimum atomic E-state index is -3.62. The normalized spacial score (nSPS) is 15.5. The van der Waals surface area contributed by atoms with E-state index in [1.54, 1.807) is 78.3 Å². The van der Waals surface area contributed by atoms with Gasteiger partial charge in [-0.3, -0.25) is 4.72 Å². The summed E-state index contributed by atoms with van der Waals surface area (Å²) in [5.41, 5.74) is 9.00. The summed E-state index contributed by atoms with van der Waals surface area (Å²) in [4.78, 5) is 27.1. The Morgan fingerprint density at radius 1 is 0.535 bits per heavy atom. The van der Waals surface area contributed by atoms with E-state index in [1.165, 1.54) is 42.5 Å². The number of ether oxygens (including phenoxy) is 8. The van der Waals surface area contributed by atoms with Crippen molar-refractivity contribution < 1.29 is 82.6 Å². The number of aromatic nitrogens is 2. The lowest BCUT2D eigenvalue weighted by atomic mass is 10.0. The Bertz CT molecular complexity index is 3490. The minimum absolute atomic E-state index is 0.0418. The van der Waals surface area contributed by atoms with E-state index in [0.717, 1.165) is 57.6 Å². The molecular weight excluding hydrogens is 1230 g/mol. The smallest absolute Gasteiger partial charge is 0.387 e. The van der Waals surface area contributed by atoms with Crippen LogP contribution in [0.5, 0.6) is 34.5 Å². The largest absolute Gasteiger partial charge is 0.491 e. The molecule has 4 fully saturated rings. The van der Waals surface area contributed by atoms with E-state index in [0.29, 0.717) is 104 Å². The Hall–Kier alpha value is -6.65. The summed E-state index contributed by atoms with van der Waals surface area (Å²) in [5, 5.41) is 1.43. The van der Waals surface area contributed by atoms with Gasteiger partial charge in [0, 0.05) is 24.0 Å². The van der Waals surface area contributed by atoms with Gasteiger partial charge in [-0.05, 0) is 147 Å². The van der Waals surface area contributed by atoms with Gasteiger partial charge in [-0.15, -0.1) is 0 Å². The molecule has 0 aliphatic heterocycles. The molecule has 0 amide bonds. The molecule has 16 nitrogen and oxygen atoms in total. The number of anilines is 2. The van der Waals surface area contributed by atoms with Crippen LogP contribution < -0.4 is 48.0 Å². The Morgan fingerprint density at radius 2 is 0.895 bits per heavy atom.